The number of nitrogen functional groups attached to an aromatic ring is 1. The Hall–Kier alpha value is -1.47. The Morgan fingerprint density at radius 2 is 1.69 bits per heavy atom. The maximum Gasteiger partial charge on any atom is 0.0487 e. The fraction of sp³-hybridized carbons (Fsp3) is 0.143. The van der Waals surface area contributed by atoms with Crippen LogP contribution in [0.4, 0.5) is 5.69 Å². The molecule has 0 saturated carbocycles. The highest BCUT2D eigenvalue weighted by Gasteiger charge is 2.06. The molecule has 2 N–H and O–H groups in total. The fourth-order valence-corrected chi connectivity index (χ4v) is 2.04. The summed E-state index contributed by atoms with van der Waals surface area (Å²) in [4.78, 5) is 0. The molecule has 0 amide bonds. The second-order valence-electron chi connectivity index (χ2n) is 4.04. The molecule has 0 fully saturated rings. The number of anilines is 1. The molecule has 0 radical (unpaired) electrons. The van der Waals surface area contributed by atoms with E-state index in [9.17, 15) is 0 Å². The molecule has 0 aromatic heterocycles. The Morgan fingerprint density at radius 1 is 1.00 bits per heavy atom. The zero-order valence-electron chi connectivity index (χ0n) is 9.42. The number of hydrogen-bond donors (Lipinski definition) is 1. The monoisotopic (exact) mass is 231 g/mol. The van der Waals surface area contributed by atoms with Crippen LogP contribution < -0.4 is 5.73 Å². The van der Waals surface area contributed by atoms with Crippen molar-refractivity contribution in [3.63, 3.8) is 0 Å². The number of rotatable bonds is 1. The van der Waals surface area contributed by atoms with Crippen LogP contribution in [0.5, 0.6) is 0 Å². The Bertz CT molecular complexity index is 532. The number of nitrogens with two attached hydrogens (primary N) is 1. The molecule has 0 saturated heterocycles. The molecule has 82 valence electrons. The lowest BCUT2D eigenvalue weighted by molar-refractivity contribution is 1.34. The van der Waals surface area contributed by atoms with Gasteiger partial charge in [0.2, 0.25) is 0 Å². The summed E-state index contributed by atoms with van der Waals surface area (Å²) in [7, 11) is 0. The van der Waals surface area contributed by atoms with Crippen molar-refractivity contribution in [2.24, 2.45) is 0 Å². The summed E-state index contributed by atoms with van der Waals surface area (Å²) in [5.74, 6) is 0. The average Bonchev–Trinajstić information content (AvgIpc) is 2.23. The van der Waals surface area contributed by atoms with Gasteiger partial charge in [0.05, 0.1) is 0 Å². The predicted octanol–water partition coefficient (Wildman–Crippen LogP) is 4.21. The first-order valence-corrected chi connectivity index (χ1v) is 5.58. The van der Waals surface area contributed by atoms with Gasteiger partial charge < -0.3 is 5.73 Å². The molecule has 0 unspecified atom stereocenters. The minimum Gasteiger partial charge on any atom is -0.399 e. The first kappa shape index (κ1) is 11.0. The summed E-state index contributed by atoms with van der Waals surface area (Å²) < 4.78 is 0. The summed E-state index contributed by atoms with van der Waals surface area (Å²) in [6.07, 6.45) is 0. The Morgan fingerprint density at radius 3 is 2.38 bits per heavy atom. The highest BCUT2D eigenvalue weighted by molar-refractivity contribution is 6.33. The normalized spacial score (nSPS) is 10.4. The number of benzene rings is 2. The third kappa shape index (κ3) is 2.05. The van der Waals surface area contributed by atoms with Crippen molar-refractivity contribution >= 4 is 17.3 Å². The van der Waals surface area contributed by atoms with Crippen LogP contribution in [0.1, 0.15) is 11.1 Å². The lowest BCUT2D eigenvalue weighted by Crippen LogP contribution is -1.88. The smallest absolute Gasteiger partial charge is 0.0487 e. The molecule has 0 heterocycles. The van der Waals surface area contributed by atoms with Crippen LogP contribution >= 0.6 is 11.6 Å². The van der Waals surface area contributed by atoms with Crippen molar-refractivity contribution in [3.8, 4) is 11.1 Å². The summed E-state index contributed by atoms with van der Waals surface area (Å²) in [6.45, 7) is 4.14. The van der Waals surface area contributed by atoms with Crippen molar-refractivity contribution < 1.29 is 0 Å². The summed E-state index contributed by atoms with van der Waals surface area (Å²) >= 11 is 6.25. The molecular weight excluding hydrogens is 218 g/mol. The molecule has 2 rings (SSSR count). The fourth-order valence-electron chi connectivity index (χ4n) is 1.71. The summed E-state index contributed by atoms with van der Waals surface area (Å²) in [5, 5.41) is 0.772. The molecular formula is C14H14ClN. The van der Waals surface area contributed by atoms with Crippen LogP contribution in [-0.2, 0) is 0 Å². The quantitative estimate of drug-likeness (QED) is 0.732. The van der Waals surface area contributed by atoms with E-state index >= 15 is 0 Å². The molecule has 2 aromatic carbocycles. The summed E-state index contributed by atoms with van der Waals surface area (Å²) in [6, 6.07) is 11.9. The van der Waals surface area contributed by atoms with E-state index in [4.69, 9.17) is 17.3 Å². The predicted molar refractivity (Wildman–Crippen MR) is 70.8 cm³/mol. The van der Waals surface area contributed by atoms with E-state index in [0.717, 1.165) is 21.8 Å². The van der Waals surface area contributed by atoms with E-state index in [1.807, 2.05) is 30.3 Å². The van der Waals surface area contributed by atoms with E-state index in [1.54, 1.807) is 0 Å². The van der Waals surface area contributed by atoms with Gasteiger partial charge in [-0.3, -0.25) is 0 Å². The minimum atomic E-state index is 0.756. The highest BCUT2D eigenvalue weighted by Crippen LogP contribution is 2.31. The highest BCUT2D eigenvalue weighted by atomic mass is 35.5. The molecule has 0 atom stereocenters. The minimum absolute atomic E-state index is 0.756. The molecule has 2 aromatic rings. The molecule has 16 heavy (non-hydrogen) atoms. The molecule has 0 aliphatic heterocycles. The van der Waals surface area contributed by atoms with E-state index in [-0.39, 0.29) is 0 Å². The van der Waals surface area contributed by atoms with Gasteiger partial charge in [-0.15, -0.1) is 0 Å². The largest absolute Gasteiger partial charge is 0.399 e. The van der Waals surface area contributed by atoms with E-state index < -0.39 is 0 Å². The molecule has 0 spiro atoms. The van der Waals surface area contributed by atoms with Crippen LogP contribution in [0.2, 0.25) is 5.02 Å². The van der Waals surface area contributed by atoms with Gasteiger partial charge in [-0.25, -0.2) is 0 Å². The Labute approximate surface area is 101 Å². The van der Waals surface area contributed by atoms with Gasteiger partial charge in [-0.2, -0.15) is 0 Å². The van der Waals surface area contributed by atoms with Gasteiger partial charge in [-0.05, 0) is 54.8 Å². The maximum atomic E-state index is 6.25. The zero-order valence-corrected chi connectivity index (χ0v) is 10.2. The van der Waals surface area contributed by atoms with E-state index in [2.05, 4.69) is 19.9 Å². The third-order valence-corrected chi connectivity index (χ3v) is 3.09. The van der Waals surface area contributed by atoms with Gasteiger partial charge in [0.25, 0.3) is 0 Å². The molecule has 0 bridgehead atoms. The second-order valence-corrected chi connectivity index (χ2v) is 4.45. The van der Waals surface area contributed by atoms with Crippen LogP contribution in [0.3, 0.4) is 0 Å². The Kier molecular flexibility index (Phi) is 2.88. The average molecular weight is 232 g/mol. The van der Waals surface area contributed by atoms with Crippen LogP contribution in [-0.4, -0.2) is 0 Å². The van der Waals surface area contributed by atoms with Gasteiger partial charge in [0.15, 0.2) is 0 Å². The standard InChI is InChI=1S/C14H14ClN/c1-9-6-13(14(15)7-10(9)2)11-4-3-5-12(16)8-11/h3-8H,16H2,1-2H3. The van der Waals surface area contributed by atoms with E-state index in [1.165, 1.54) is 11.1 Å². The number of aryl methyl sites for hydroxylation is 2. The zero-order chi connectivity index (χ0) is 11.7. The van der Waals surface area contributed by atoms with Crippen molar-refractivity contribution in [1.82, 2.24) is 0 Å². The van der Waals surface area contributed by atoms with Crippen LogP contribution in [0.25, 0.3) is 11.1 Å². The summed E-state index contributed by atoms with van der Waals surface area (Å²) in [5.41, 5.74) is 11.1. The maximum absolute atomic E-state index is 6.25. The third-order valence-electron chi connectivity index (χ3n) is 2.78. The molecule has 2 heteroatoms. The topological polar surface area (TPSA) is 26.0 Å². The number of halogens is 1. The Balaban J connectivity index is 2.60. The molecule has 1 nitrogen and oxygen atoms in total. The first-order chi connectivity index (χ1) is 7.58. The number of hydrogen-bond acceptors (Lipinski definition) is 1. The second kappa shape index (κ2) is 4.18. The molecule has 0 aliphatic carbocycles. The van der Waals surface area contributed by atoms with Crippen molar-refractivity contribution in [2.45, 2.75) is 13.8 Å². The van der Waals surface area contributed by atoms with Crippen LogP contribution in [0.15, 0.2) is 36.4 Å². The van der Waals surface area contributed by atoms with E-state index in [0.29, 0.717) is 0 Å². The van der Waals surface area contributed by atoms with Crippen molar-refractivity contribution in [2.75, 3.05) is 5.73 Å². The van der Waals surface area contributed by atoms with Crippen LogP contribution in [0, 0.1) is 13.8 Å². The lowest BCUT2D eigenvalue weighted by Gasteiger charge is -2.09. The van der Waals surface area contributed by atoms with Gasteiger partial charge in [-0.1, -0.05) is 23.7 Å². The molecule has 0 aliphatic rings. The SMILES string of the molecule is Cc1cc(Cl)c(-c2cccc(N)c2)cc1C. The van der Waals surface area contributed by atoms with Gasteiger partial charge >= 0.3 is 0 Å². The van der Waals surface area contributed by atoms with Crippen molar-refractivity contribution in [1.29, 1.82) is 0 Å². The lowest BCUT2D eigenvalue weighted by atomic mass is 10.00. The first-order valence-electron chi connectivity index (χ1n) is 5.20. The van der Waals surface area contributed by atoms with Gasteiger partial charge in [0.1, 0.15) is 0 Å². The van der Waals surface area contributed by atoms with Crippen molar-refractivity contribution in [3.05, 3.63) is 52.5 Å². The van der Waals surface area contributed by atoms with Gasteiger partial charge in [0, 0.05) is 16.3 Å².